The summed E-state index contributed by atoms with van der Waals surface area (Å²) in [6.07, 6.45) is 4.47. The molecule has 0 amide bonds. The molecule has 3 aromatic rings. The monoisotopic (exact) mass is 501 g/mol. The summed E-state index contributed by atoms with van der Waals surface area (Å²) in [5, 5.41) is 2.64. The normalized spacial score (nSPS) is 18.4. The first-order valence-electron chi connectivity index (χ1n) is 13.4. The number of allylic oxidation sites excluding steroid dienone is 1. The summed E-state index contributed by atoms with van der Waals surface area (Å²) >= 11 is 0. The molecule has 194 valence electrons. The van der Waals surface area contributed by atoms with Crippen molar-refractivity contribution in [3.63, 3.8) is 0 Å². The van der Waals surface area contributed by atoms with Crippen molar-refractivity contribution in [2.75, 3.05) is 77.4 Å². The van der Waals surface area contributed by atoms with Gasteiger partial charge in [0.25, 0.3) is 0 Å². The molecule has 0 aliphatic carbocycles. The topological polar surface area (TPSA) is 43.2 Å². The van der Waals surface area contributed by atoms with Gasteiger partial charge in [-0.1, -0.05) is 36.4 Å². The molecule has 3 aromatic carbocycles. The van der Waals surface area contributed by atoms with Gasteiger partial charge in [-0.3, -0.25) is 0 Å². The number of hydrogen-bond donors (Lipinski definition) is 0. The molecule has 0 unspecified atom stereocenters. The fourth-order valence-corrected chi connectivity index (χ4v) is 5.01. The quantitative estimate of drug-likeness (QED) is 0.476. The van der Waals surface area contributed by atoms with Crippen LogP contribution in [-0.4, -0.2) is 82.8 Å². The number of anilines is 1. The van der Waals surface area contributed by atoms with Crippen LogP contribution in [0.2, 0.25) is 0 Å². The second kappa shape index (κ2) is 13.0. The van der Waals surface area contributed by atoms with Gasteiger partial charge < -0.3 is 23.8 Å². The van der Waals surface area contributed by atoms with Gasteiger partial charge >= 0.3 is 0 Å². The van der Waals surface area contributed by atoms with E-state index in [2.05, 4.69) is 89.2 Å². The third-order valence-electron chi connectivity index (χ3n) is 6.88. The Morgan fingerprint density at radius 2 is 1.30 bits per heavy atom. The van der Waals surface area contributed by atoms with Crippen molar-refractivity contribution < 1.29 is 23.5 Å². The highest BCUT2D eigenvalue weighted by Crippen LogP contribution is 2.35. The van der Waals surface area contributed by atoms with Crippen molar-refractivity contribution in [1.82, 2.24) is 0 Å². The lowest BCUT2D eigenvalue weighted by molar-refractivity contribution is -0.430. The van der Waals surface area contributed by atoms with E-state index in [1.165, 1.54) is 39.0 Å². The third kappa shape index (κ3) is 6.28. The largest absolute Gasteiger partial charge is 0.377 e. The Labute approximate surface area is 219 Å². The van der Waals surface area contributed by atoms with Gasteiger partial charge in [-0.15, -0.1) is 0 Å². The first-order valence-corrected chi connectivity index (χ1v) is 13.4. The van der Waals surface area contributed by atoms with E-state index < -0.39 is 0 Å². The van der Waals surface area contributed by atoms with E-state index in [0.717, 1.165) is 19.6 Å². The minimum Gasteiger partial charge on any atom is -0.377 e. The van der Waals surface area contributed by atoms with E-state index >= 15 is 0 Å². The first kappa shape index (κ1) is 25.6. The maximum absolute atomic E-state index is 5.78. The van der Waals surface area contributed by atoms with Crippen LogP contribution < -0.4 is 4.90 Å². The van der Waals surface area contributed by atoms with Crippen LogP contribution in [0.4, 0.5) is 11.4 Å². The van der Waals surface area contributed by atoms with E-state index in [1.54, 1.807) is 0 Å². The van der Waals surface area contributed by atoms with Gasteiger partial charge in [-0.05, 0) is 42.1 Å². The van der Waals surface area contributed by atoms with E-state index in [4.69, 9.17) is 18.9 Å². The van der Waals surface area contributed by atoms with Gasteiger partial charge in [0.1, 0.15) is 6.54 Å². The fraction of sp³-hybridized carbons (Fsp3) is 0.387. The molecule has 37 heavy (non-hydrogen) atoms. The molecule has 0 aromatic heterocycles. The van der Waals surface area contributed by atoms with Crippen LogP contribution in [0.15, 0.2) is 66.7 Å². The lowest BCUT2D eigenvalue weighted by atomic mass is 10.0. The summed E-state index contributed by atoms with van der Waals surface area (Å²) in [5.41, 5.74) is 6.20. The van der Waals surface area contributed by atoms with Gasteiger partial charge in [-0.2, -0.15) is 4.58 Å². The Balaban J connectivity index is 1.28. The molecule has 0 atom stereocenters. The van der Waals surface area contributed by atoms with Crippen LogP contribution in [0.1, 0.15) is 18.1 Å². The van der Waals surface area contributed by atoms with Crippen molar-refractivity contribution in [2.24, 2.45) is 0 Å². The van der Waals surface area contributed by atoms with Gasteiger partial charge in [0.05, 0.1) is 63.8 Å². The Bertz CT molecular complexity index is 1210. The maximum Gasteiger partial charge on any atom is 0.214 e. The van der Waals surface area contributed by atoms with Crippen molar-refractivity contribution in [3.8, 4) is 0 Å². The summed E-state index contributed by atoms with van der Waals surface area (Å²) in [7, 11) is 0. The Morgan fingerprint density at radius 3 is 1.92 bits per heavy atom. The zero-order chi connectivity index (χ0) is 25.3. The SMILES string of the molecule is CC[N+]1=C(/C=C/c2ccc(N3CCOCCOCCOCCOCC3)cc2)c2cccc3cccc1c23. The molecule has 0 N–H and O–H groups in total. The minimum absolute atomic E-state index is 0.592. The Morgan fingerprint density at radius 1 is 0.703 bits per heavy atom. The highest BCUT2D eigenvalue weighted by Gasteiger charge is 2.28. The molecule has 2 aliphatic rings. The Hall–Kier alpha value is -3.03. The van der Waals surface area contributed by atoms with Crippen LogP contribution in [0.25, 0.3) is 16.8 Å². The third-order valence-corrected chi connectivity index (χ3v) is 6.88. The summed E-state index contributed by atoms with van der Waals surface area (Å²) in [5.74, 6) is 0. The highest BCUT2D eigenvalue weighted by molar-refractivity contribution is 6.20. The van der Waals surface area contributed by atoms with Crippen LogP contribution >= 0.6 is 0 Å². The van der Waals surface area contributed by atoms with Gasteiger partial charge in [0.2, 0.25) is 11.4 Å². The first-order chi connectivity index (χ1) is 18.3. The summed E-state index contributed by atoms with van der Waals surface area (Å²) < 4.78 is 25.0. The summed E-state index contributed by atoms with van der Waals surface area (Å²) in [6, 6.07) is 21.9. The molecule has 6 heteroatoms. The Kier molecular flexibility index (Phi) is 8.98. The molecule has 2 aliphatic heterocycles. The lowest BCUT2D eigenvalue weighted by Gasteiger charge is -2.25. The van der Waals surface area contributed by atoms with Gasteiger partial charge in [0, 0.05) is 30.9 Å². The zero-order valence-corrected chi connectivity index (χ0v) is 21.7. The van der Waals surface area contributed by atoms with Crippen LogP contribution in [0, 0.1) is 0 Å². The molecule has 0 bridgehead atoms. The molecule has 1 saturated heterocycles. The summed E-state index contributed by atoms with van der Waals surface area (Å²) in [4.78, 5) is 2.32. The number of ether oxygens (including phenoxy) is 4. The molecule has 2 heterocycles. The smallest absolute Gasteiger partial charge is 0.214 e. The summed E-state index contributed by atoms with van der Waals surface area (Å²) in [6.45, 7) is 9.62. The standard InChI is InChI=1S/C31H37N2O4/c1-2-33-29(28-7-3-5-26-6-4-8-30(33)31(26)28)14-11-25-9-12-27(13-10-25)32-15-17-34-19-21-36-23-24-37-22-20-35-18-16-32/h3-14H,2,15-24H2,1H3/q+1. The molecule has 5 rings (SSSR count). The predicted molar refractivity (Wildman–Crippen MR) is 149 cm³/mol. The number of hydrogen-bond acceptors (Lipinski definition) is 5. The average Bonchev–Trinajstić information content (AvgIpc) is 3.24. The molecule has 0 spiro atoms. The van der Waals surface area contributed by atoms with Gasteiger partial charge in [-0.25, -0.2) is 0 Å². The maximum atomic E-state index is 5.78. The highest BCUT2D eigenvalue weighted by atomic mass is 16.6. The second-order valence-electron chi connectivity index (χ2n) is 9.17. The molecular weight excluding hydrogens is 464 g/mol. The van der Waals surface area contributed by atoms with Crippen LogP contribution in [0.5, 0.6) is 0 Å². The average molecular weight is 502 g/mol. The zero-order valence-electron chi connectivity index (χ0n) is 21.7. The second-order valence-corrected chi connectivity index (χ2v) is 9.17. The van der Waals surface area contributed by atoms with Gasteiger partial charge in [0.15, 0.2) is 0 Å². The molecule has 0 radical (unpaired) electrons. The molecule has 1 fully saturated rings. The van der Waals surface area contributed by atoms with Crippen molar-refractivity contribution >= 4 is 33.9 Å². The number of benzene rings is 3. The minimum atomic E-state index is 0.592. The van der Waals surface area contributed by atoms with Crippen molar-refractivity contribution in [3.05, 3.63) is 77.9 Å². The fourth-order valence-electron chi connectivity index (χ4n) is 5.01. The predicted octanol–water partition coefficient (Wildman–Crippen LogP) is 4.91. The van der Waals surface area contributed by atoms with Crippen molar-refractivity contribution in [2.45, 2.75) is 6.92 Å². The lowest BCUT2D eigenvalue weighted by Crippen LogP contribution is -2.31. The van der Waals surface area contributed by atoms with E-state index in [1.807, 2.05) is 0 Å². The van der Waals surface area contributed by atoms with E-state index in [9.17, 15) is 0 Å². The molecule has 0 saturated carbocycles. The van der Waals surface area contributed by atoms with Crippen molar-refractivity contribution in [1.29, 1.82) is 0 Å². The van der Waals surface area contributed by atoms with Crippen LogP contribution in [0.3, 0.4) is 0 Å². The molecular formula is C31H37N2O4+. The number of rotatable bonds is 4. The van der Waals surface area contributed by atoms with E-state index in [-0.39, 0.29) is 0 Å². The molecule has 6 nitrogen and oxygen atoms in total. The van der Waals surface area contributed by atoms with E-state index in [0.29, 0.717) is 52.9 Å². The number of nitrogens with zero attached hydrogens (tertiary/aromatic N) is 2. The van der Waals surface area contributed by atoms with Crippen LogP contribution in [-0.2, 0) is 18.9 Å².